The van der Waals surface area contributed by atoms with Crippen LogP contribution in [0.4, 0.5) is 0 Å². The summed E-state index contributed by atoms with van der Waals surface area (Å²) in [5.41, 5.74) is -1.33. The van der Waals surface area contributed by atoms with E-state index in [9.17, 15) is 9.59 Å². The maximum absolute atomic E-state index is 12.8. The molecule has 2 atom stereocenters. The number of carbonyl (C=O) groups excluding carboxylic acids is 2. The molecule has 4 aliphatic rings. The van der Waals surface area contributed by atoms with Gasteiger partial charge in [0.05, 0.1) is 11.8 Å². The van der Waals surface area contributed by atoms with Gasteiger partial charge in [0.25, 0.3) is 0 Å². The third-order valence-corrected chi connectivity index (χ3v) is 7.58. The number of ether oxygens (including phenoxy) is 2. The van der Waals surface area contributed by atoms with Crippen LogP contribution in [-0.2, 0) is 19.1 Å². The van der Waals surface area contributed by atoms with E-state index in [1.165, 1.54) is 6.42 Å². The highest BCUT2D eigenvalue weighted by atomic mass is 16.6. The van der Waals surface area contributed by atoms with Crippen molar-refractivity contribution >= 4 is 11.9 Å². The third-order valence-electron chi connectivity index (χ3n) is 7.58. The molecular formula is C24H40O4. The molecule has 0 amide bonds. The van der Waals surface area contributed by atoms with Gasteiger partial charge in [0.15, 0.2) is 0 Å². The lowest BCUT2D eigenvalue weighted by Gasteiger charge is -2.60. The number of hydrogen-bond donors (Lipinski definition) is 0. The molecule has 0 N–H and O–H groups in total. The summed E-state index contributed by atoms with van der Waals surface area (Å²) < 4.78 is 12.4. The molecule has 4 fully saturated rings. The zero-order chi connectivity index (χ0) is 20.8. The molecule has 0 heterocycles. The summed E-state index contributed by atoms with van der Waals surface area (Å²) in [6.45, 7) is 12.4. The van der Waals surface area contributed by atoms with Crippen molar-refractivity contribution in [2.45, 2.75) is 117 Å². The molecule has 0 aliphatic heterocycles. The number of hydrogen-bond acceptors (Lipinski definition) is 4. The van der Waals surface area contributed by atoms with E-state index >= 15 is 0 Å². The first kappa shape index (κ1) is 21.6. The molecular weight excluding hydrogens is 352 g/mol. The van der Waals surface area contributed by atoms with Crippen molar-refractivity contribution in [2.24, 2.45) is 22.7 Å². The smallest absolute Gasteiger partial charge is 0.312 e. The Hall–Kier alpha value is -1.06. The highest BCUT2D eigenvalue weighted by Gasteiger charge is 2.62. The van der Waals surface area contributed by atoms with Crippen LogP contribution in [0.3, 0.4) is 0 Å². The number of rotatable bonds is 8. The van der Waals surface area contributed by atoms with Crippen molar-refractivity contribution < 1.29 is 19.1 Å². The Bertz CT molecular complexity index is 604. The van der Waals surface area contributed by atoms with Gasteiger partial charge in [0.1, 0.15) is 11.2 Å². The molecule has 160 valence electrons. The number of esters is 2. The average molecular weight is 393 g/mol. The molecule has 4 rings (SSSR count). The van der Waals surface area contributed by atoms with Gasteiger partial charge in [-0.05, 0) is 76.0 Å². The van der Waals surface area contributed by atoms with Crippen LogP contribution in [0.2, 0.25) is 0 Å². The van der Waals surface area contributed by atoms with Gasteiger partial charge in [-0.3, -0.25) is 9.59 Å². The van der Waals surface area contributed by atoms with E-state index in [-0.39, 0.29) is 17.4 Å². The molecule has 4 heteroatoms. The van der Waals surface area contributed by atoms with Crippen molar-refractivity contribution in [3.05, 3.63) is 0 Å². The zero-order valence-corrected chi connectivity index (χ0v) is 18.9. The summed E-state index contributed by atoms with van der Waals surface area (Å²) in [6.07, 6.45) is 8.98. The Morgan fingerprint density at radius 1 is 0.929 bits per heavy atom. The Labute approximate surface area is 171 Å². The van der Waals surface area contributed by atoms with Crippen molar-refractivity contribution in [3.8, 4) is 0 Å². The lowest BCUT2D eigenvalue weighted by atomic mass is 9.52. The molecule has 0 saturated heterocycles. The van der Waals surface area contributed by atoms with E-state index in [0.29, 0.717) is 24.7 Å². The van der Waals surface area contributed by atoms with Gasteiger partial charge in [-0.25, -0.2) is 0 Å². The van der Waals surface area contributed by atoms with E-state index in [2.05, 4.69) is 20.8 Å². The Kier molecular flexibility index (Phi) is 5.66. The van der Waals surface area contributed by atoms with Crippen molar-refractivity contribution in [1.29, 1.82) is 0 Å². The van der Waals surface area contributed by atoms with Crippen LogP contribution in [0.25, 0.3) is 0 Å². The second-order valence-electron chi connectivity index (χ2n) is 11.5. The Morgan fingerprint density at radius 3 is 1.96 bits per heavy atom. The third kappa shape index (κ3) is 4.41. The molecule has 2 unspecified atom stereocenters. The highest BCUT2D eigenvalue weighted by molar-refractivity contribution is 5.76. The van der Waals surface area contributed by atoms with E-state index in [0.717, 1.165) is 44.9 Å². The van der Waals surface area contributed by atoms with Crippen LogP contribution in [0, 0.1) is 22.7 Å². The molecule has 0 spiro atoms. The Balaban J connectivity index is 1.73. The largest absolute Gasteiger partial charge is 0.459 e. The van der Waals surface area contributed by atoms with Crippen molar-refractivity contribution in [1.82, 2.24) is 0 Å². The summed E-state index contributed by atoms with van der Waals surface area (Å²) in [7, 11) is 0. The molecule has 0 radical (unpaired) electrons. The van der Waals surface area contributed by atoms with E-state index in [4.69, 9.17) is 9.47 Å². The minimum atomic E-state index is -0.461. The number of carbonyl (C=O) groups is 2. The molecule has 4 bridgehead atoms. The quantitative estimate of drug-likeness (QED) is 0.489. The van der Waals surface area contributed by atoms with Gasteiger partial charge in [-0.15, -0.1) is 0 Å². The summed E-state index contributed by atoms with van der Waals surface area (Å²) in [5, 5.41) is 0. The van der Waals surface area contributed by atoms with Gasteiger partial charge in [-0.2, -0.15) is 0 Å². The average Bonchev–Trinajstić information content (AvgIpc) is 2.51. The molecule has 0 aromatic carbocycles. The first-order valence-electron chi connectivity index (χ1n) is 11.4. The van der Waals surface area contributed by atoms with Crippen LogP contribution in [0.1, 0.15) is 106 Å². The molecule has 4 saturated carbocycles. The Morgan fingerprint density at radius 2 is 1.46 bits per heavy atom. The fourth-order valence-corrected chi connectivity index (χ4v) is 6.25. The van der Waals surface area contributed by atoms with Crippen molar-refractivity contribution in [2.75, 3.05) is 0 Å². The minimum absolute atomic E-state index is 0.0244. The molecule has 4 aliphatic carbocycles. The maximum Gasteiger partial charge on any atom is 0.312 e. The molecule has 4 nitrogen and oxygen atoms in total. The summed E-state index contributed by atoms with van der Waals surface area (Å²) >= 11 is 0. The predicted octanol–water partition coefficient (Wildman–Crippen LogP) is 5.82. The van der Waals surface area contributed by atoms with Crippen LogP contribution in [0.5, 0.6) is 0 Å². The summed E-state index contributed by atoms with van der Waals surface area (Å²) in [4.78, 5) is 25.7. The summed E-state index contributed by atoms with van der Waals surface area (Å²) in [6, 6.07) is 0. The van der Waals surface area contributed by atoms with Gasteiger partial charge in [0, 0.05) is 6.42 Å². The zero-order valence-electron chi connectivity index (χ0n) is 18.9. The highest BCUT2D eigenvalue weighted by Crippen LogP contribution is 2.60. The summed E-state index contributed by atoms with van der Waals surface area (Å²) in [5.74, 6) is 0.851. The van der Waals surface area contributed by atoms with Gasteiger partial charge >= 0.3 is 11.9 Å². The second kappa shape index (κ2) is 7.32. The predicted molar refractivity (Wildman–Crippen MR) is 110 cm³/mol. The standard InChI is InChI=1S/C24H40O4/c1-7-9-21(3,4)15-19(25)27-23-11-17-10-18(12-23)14-24(13-17,16-23)28-20(26)22(5,6)8-2/h17-18H,7-16H2,1-6H3. The molecule has 0 aromatic heterocycles. The van der Waals surface area contributed by atoms with Gasteiger partial charge in [0.2, 0.25) is 0 Å². The SMILES string of the molecule is CCCC(C)(C)CC(=O)OC12CC3CC(C1)CC(OC(=O)C(C)(C)CC)(C3)C2. The van der Waals surface area contributed by atoms with E-state index in [1.807, 2.05) is 20.8 Å². The van der Waals surface area contributed by atoms with Crippen molar-refractivity contribution in [3.63, 3.8) is 0 Å². The fourth-order valence-electron chi connectivity index (χ4n) is 6.25. The van der Waals surface area contributed by atoms with Crippen LogP contribution in [0.15, 0.2) is 0 Å². The fraction of sp³-hybridized carbons (Fsp3) is 0.917. The van der Waals surface area contributed by atoms with Crippen LogP contribution < -0.4 is 0 Å². The normalized spacial score (nSPS) is 34.4. The maximum atomic E-state index is 12.8. The monoisotopic (exact) mass is 392 g/mol. The van der Waals surface area contributed by atoms with E-state index < -0.39 is 16.6 Å². The van der Waals surface area contributed by atoms with E-state index in [1.54, 1.807) is 0 Å². The van der Waals surface area contributed by atoms with Crippen LogP contribution in [-0.4, -0.2) is 23.1 Å². The first-order valence-corrected chi connectivity index (χ1v) is 11.4. The first-order chi connectivity index (χ1) is 12.9. The topological polar surface area (TPSA) is 52.6 Å². The lowest BCUT2D eigenvalue weighted by molar-refractivity contribution is -0.236. The van der Waals surface area contributed by atoms with Gasteiger partial charge < -0.3 is 9.47 Å². The minimum Gasteiger partial charge on any atom is -0.459 e. The lowest BCUT2D eigenvalue weighted by Crippen LogP contribution is -2.62. The van der Waals surface area contributed by atoms with Gasteiger partial charge in [-0.1, -0.05) is 34.1 Å². The second-order valence-corrected chi connectivity index (χ2v) is 11.5. The van der Waals surface area contributed by atoms with Crippen LogP contribution >= 0.6 is 0 Å². The molecule has 28 heavy (non-hydrogen) atoms. The molecule has 0 aromatic rings.